The summed E-state index contributed by atoms with van der Waals surface area (Å²) < 4.78 is 0. The Morgan fingerprint density at radius 2 is 0.920 bits per heavy atom. The highest BCUT2D eigenvalue weighted by Gasteiger charge is 2.29. The van der Waals surface area contributed by atoms with Gasteiger partial charge in [0, 0.05) is 0 Å². The van der Waals surface area contributed by atoms with Crippen molar-refractivity contribution in [2.24, 2.45) is 0 Å². The summed E-state index contributed by atoms with van der Waals surface area (Å²) in [5.74, 6) is 0. The maximum Gasteiger partial charge on any atom is 0.346 e. The van der Waals surface area contributed by atoms with E-state index in [2.05, 4.69) is 117 Å². The molecular formula is C22H25BN2. The van der Waals surface area contributed by atoms with Crippen molar-refractivity contribution in [3.05, 3.63) is 78.9 Å². The molecule has 0 atom stereocenters. The molecule has 25 heavy (non-hydrogen) atoms. The molecule has 0 aromatic heterocycles. The molecule has 0 aliphatic heterocycles. The number of hydrogen-bond acceptors (Lipinski definition) is 2. The van der Waals surface area contributed by atoms with Gasteiger partial charge in [0.2, 0.25) is 0 Å². The summed E-state index contributed by atoms with van der Waals surface area (Å²) in [5, 5.41) is 0. The average Bonchev–Trinajstić information content (AvgIpc) is 2.63. The maximum atomic E-state index is 2.27. The largest absolute Gasteiger partial charge is 0.346 e. The van der Waals surface area contributed by atoms with Crippen molar-refractivity contribution in [1.82, 2.24) is 9.62 Å². The molecule has 126 valence electrons. The lowest BCUT2D eigenvalue weighted by atomic mass is 9.60. The molecule has 3 aromatic carbocycles. The van der Waals surface area contributed by atoms with Crippen LogP contribution in [-0.4, -0.2) is 44.8 Å². The molecule has 0 aliphatic rings. The van der Waals surface area contributed by atoms with Crippen LogP contribution >= 0.6 is 0 Å². The van der Waals surface area contributed by atoms with Crippen molar-refractivity contribution >= 4 is 12.4 Å². The average molecular weight is 328 g/mol. The van der Waals surface area contributed by atoms with Gasteiger partial charge in [-0.2, -0.15) is 0 Å². The first-order valence-electron chi connectivity index (χ1n) is 8.66. The van der Waals surface area contributed by atoms with Crippen molar-refractivity contribution in [1.29, 1.82) is 0 Å². The zero-order valence-electron chi connectivity index (χ0n) is 15.5. The molecule has 2 nitrogen and oxygen atoms in total. The molecule has 3 rings (SSSR count). The van der Waals surface area contributed by atoms with Crippen molar-refractivity contribution < 1.29 is 0 Å². The van der Waals surface area contributed by atoms with Crippen LogP contribution in [0.4, 0.5) is 0 Å². The number of nitrogens with zero attached hydrogens (tertiary/aromatic N) is 2. The van der Waals surface area contributed by atoms with Gasteiger partial charge in [-0.1, -0.05) is 78.9 Å². The van der Waals surface area contributed by atoms with Gasteiger partial charge in [0.05, 0.1) is 0 Å². The van der Waals surface area contributed by atoms with E-state index in [9.17, 15) is 0 Å². The Morgan fingerprint density at radius 3 is 1.28 bits per heavy atom. The SMILES string of the molecule is CN(C)B(c1c(-c2ccccc2)cccc1-c1ccccc1)N(C)C. The van der Waals surface area contributed by atoms with Crippen molar-refractivity contribution in [2.75, 3.05) is 28.2 Å². The van der Waals surface area contributed by atoms with E-state index < -0.39 is 0 Å². The van der Waals surface area contributed by atoms with Gasteiger partial charge >= 0.3 is 6.98 Å². The van der Waals surface area contributed by atoms with E-state index in [-0.39, 0.29) is 6.98 Å². The molecule has 0 radical (unpaired) electrons. The molecule has 0 spiro atoms. The highest BCUT2D eigenvalue weighted by atomic mass is 15.2. The number of benzene rings is 3. The third kappa shape index (κ3) is 3.68. The second-order valence-corrected chi connectivity index (χ2v) is 6.80. The zero-order chi connectivity index (χ0) is 17.8. The van der Waals surface area contributed by atoms with Crippen LogP contribution in [0.5, 0.6) is 0 Å². The molecular weight excluding hydrogens is 303 g/mol. The summed E-state index contributed by atoms with van der Waals surface area (Å²) in [6.07, 6.45) is 0. The predicted octanol–water partition coefficient (Wildman–Crippen LogP) is 3.84. The molecule has 0 heterocycles. The minimum absolute atomic E-state index is 0.187. The third-order valence-corrected chi connectivity index (χ3v) is 4.51. The first kappa shape index (κ1) is 17.5. The Kier molecular flexibility index (Phi) is 5.37. The summed E-state index contributed by atoms with van der Waals surface area (Å²) in [6.45, 7) is 0.187. The van der Waals surface area contributed by atoms with Gasteiger partial charge in [-0.05, 0) is 55.9 Å². The Balaban J connectivity index is 2.30. The molecule has 0 N–H and O–H groups in total. The fraction of sp³-hybridized carbons (Fsp3) is 0.182. The molecule has 0 fully saturated rings. The molecule has 0 amide bonds. The van der Waals surface area contributed by atoms with Crippen LogP contribution in [0, 0.1) is 0 Å². The topological polar surface area (TPSA) is 6.48 Å². The first-order chi connectivity index (χ1) is 12.1. The van der Waals surface area contributed by atoms with Gasteiger partial charge in [-0.3, -0.25) is 0 Å². The van der Waals surface area contributed by atoms with Gasteiger partial charge in [-0.25, -0.2) is 0 Å². The molecule has 0 bridgehead atoms. The van der Waals surface area contributed by atoms with Gasteiger partial charge in [0.1, 0.15) is 0 Å². The smallest absolute Gasteiger partial charge is 0.330 e. The normalized spacial score (nSPS) is 11.1. The van der Waals surface area contributed by atoms with E-state index in [1.807, 2.05) is 0 Å². The van der Waals surface area contributed by atoms with E-state index in [0.717, 1.165) is 0 Å². The monoisotopic (exact) mass is 328 g/mol. The van der Waals surface area contributed by atoms with Crippen LogP contribution in [0.1, 0.15) is 0 Å². The van der Waals surface area contributed by atoms with Crippen LogP contribution in [0.15, 0.2) is 78.9 Å². The number of rotatable bonds is 5. The summed E-state index contributed by atoms with van der Waals surface area (Å²) in [6, 6.07) is 28.0. The molecule has 0 saturated heterocycles. The van der Waals surface area contributed by atoms with E-state index in [0.29, 0.717) is 0 Å². The van der Waals surface area contributed by atoms with Gasteiger partial charge in [-0.15, -0.1) is 0 Å². The Morgan fingerprint density at radius 1 is 0.520 bits per heavy atom. The third-order valence-electron chi connectivity index (χ3n) is 4.51. The van der Waals surface area contributed by atoms with Gasteiger partial charge in [0.25, 0.3) is 0 Å². The van der Waals surface area contributed by atoms with Crippen LogP contribution in [0.3, 0.4) is 0 Å². The Bertz CT molecular complexity index is 748. The summed E-state index contributed by atoms with van der Waals surface area (Å²) >= 11 is 0. The van der Waals surface area contributed by atoms with Crippen LogP contribution in [0.2, 0.25) is 0 Å². The van der Waals surface area contributed by atoms with Crippen molar-refractivity contribution in [3.63, 3.8) is 0 Å². The minimum atomic E-state index is 0.187. The standard InChI is InChI=1S/C22H25BN2/c1-24(2)23(25(3)4)22-20(18-12-7-5-8-13-18)16-11-17-21(22)19-14-9-6-10-15-19/h5-17H,1-4H3. The van der Waals surface area contributed by atoms with Crippen LogP contribution < -0.4 is 5.46 Å². The van der Waals surface area contributed by atoms with E-state index in [1.165, 1.54) is 27.7 Å². The lowest BCUT2D eigenvalue weighted by Crippen LogP contribution is -2.55. The number of hydrogen-bond donors (Lipinski definition) is 0. The van der Waals surface area contributed by atoms with Crippen molar-refractivity contribution in [3.8, 4) is 22.3 Å². The first-order valence-corrected chi connectivity index (χ1v) is 8.66. The molecule has 0 saturated carbocycles. The minimum Gasteiger partial charge on any atom is -0.330 e. The fourth-order valence-electron chi connectivity index (χ4n) is 3.56. The fourth-order valence-corrected chi connectivity index (χ4v) is 3.56. The molecule has 3 aromatic rings. The quantitative estimate of drug-likeness (QED) is 0.657. The molecule has 0 aliphatic carbocycles. The second-order valence-electron chi connectivity index (χ2n) is 6.80. The Hall–Kier alpha value is -2.36. The van der Waals surface area contributed by atoms with E-state index in [4.69, 9.17) is 0 Å². The maximum absolute atomic E-state index is 2.27. The van der Waals surface area contributed by atoms with Gasteiger partial charge in [0.15, 0.2) is 0 Å². The van der Waals surface area contributed by atoms with E-state index >= 15 is 0 Å². The summed E-state index contributed by atoms with van der Waals surface area (Å²) in [7, 11) is 8.56. The highest BCUT2D eigenvalue weighted by molar-refractivity contribution is 6.71. The Labute approximate surface area is 151 Å². The van der Waals surface area contributed by atoms with Crippen molar-refractivity contribution in [2.45, 2.75) is 0 Å². The highest BCUT2D eigenvalue weighted by Crippen LogP contribution is 2.25. The van der Waals surface area contributed by atoms with Crippen LogP contribution in [0.25, 0.3) is 22.3 Å². The summed E-state index contributed by atoms with van der Waals surface area (Å²) in [4.78, 5) is 4.54. The van der Waals surface area contributed by atoms with Gasteiger partial charge < -0.3 is 9.62 Å². The zero-order valence-corrected chi connectivity index (χ0v) is 15.5. The van der Waals surface area contributed by atoms with Crippen LogP contribution in [-0.2, 0) is 0 Å². The molecule has 0 unspecified atom stereocenters. The predicted molar refractivity (Wildman–Crippen MR) is 110 cm³/mol. The van der Waals surface area contributed by atoms with E-state index in [1.54, 1.807) is 0 Å². The second kappa shape index (κ2) is 7.69. The lowest BCUT2D eigenvalue weighted by molar-refractivity contribution is 0.531. The molecule has 3 heteroatoms. The summed E-state index contributed by atoms with van der Waals surface area (Å²) in [5.41, 5.74) is 6.42. The lowest BCUT2D eigenvalue weighted by Gasteiger charge is -2.30.